The van der Waals surface area contributed by atoms with E-state index in [1.54, 1.807) is 23.2 Å². The minimum Gasteiger partial charge on any atom is -0.497 e. The van der Waals surface area contributed by atoms with Crippen LogP contribution in [0.2, 0.25) is 0 Å². The number of thiazole rings is 1. The second-order valence-corrected chi connectivity index (χ2v) is 10.9. The number of aromatic nitrogens is 5. The molecule has 41 heavy (non-hydrogen) atoms. The summed E-state index contributed by atoms with van der Waals surface area (Å²) in [6.07, 6.45) is 3.73. The maximum atomic E-state index is 13.1. The lowest BCUT2D eigenvalue weighted by atomic mass is 9.83. The molecule has 0 radical (unpaired) electrons. The molecule has 1 saturated carbocycles. The van der Waals surface area contributed by atoms with Crippen molar-refractivity contribution in [3.8, 4) is 29.0 Å². The van der Waals surface area contributed by atoms with Crippen molar-refractivity contribution in [1.29, 1.82) is 0 Å². The number of nitrogens with zero attached hydrogens (tertiary/aromatic N) is 5. The topological polar surface area (TPSA) is 94.8 Å². The molecule has 6 rings (SSSR count). The van der Waals surface area contributed by atoms with Gasteiger partial charge in [0.2, 0.25) is 5.82 Å². The molecule has 1 N–H and O–H groups in total. The van der Waals surface area contributed by atoms with E-state index < -0.39 is 0 Å². The fourth-order valence-electron chi connectivity index (χ4n) is 4.53. The Hall–Kier alpha value is -4.81. The van der Waals surface area contributed by atoms with Gasteiger partial charge in [0.1, 0.15) is 5.75 Å². The molecule has 2 heterocycles. The van der Waals surface area contributed by atoms with Gasteiger partial charge in [-0.3, -0.25) is 4.79 Å². The first-order valence-corrected chi connectivity index (χ1v) is 14.3. The molecule has 0 saturated heterocycles. The van der Waals surface area contributed by atoms with Crippen LogP contribution in [0.25, 0.3) is 11.4 Å². The summed E-state index contributed by atoms with van der Waals surface area (Å²) < 4.78 is 5.20. The minimum absolute atomic E-state index is 0.191. The maximum absolute atomic E-state index is 13.1. The number of hydrogen-bond acceptors (Lipinski definition) is 7. The van der Waals surface area contributed by atoms with Gasteiger partial charge in [0, 0.05) is 33.7 Å². The molecular formula is C32H28N6O2S. The van der Waals surface area contributed by atoms with Gasteiger partial charge < -0.3 is 10.1 Å². The van der Waals surface area contributed by atoms with E-state index in [2.05, 4.69) is 42.9 Å². The van der Waals surface area contributed by atoms with Crippen LogP contribution >= 0.6 is 11.3 Å². The molecule has 5 aromatic rings. The van der Waals surface area contributed by atoms with E-state index in [4.69, 9.17) is 4.74 Å². The summed E-state index contributed by atoms with van der Waals surface area (Å²) in [6, 6.07) is 20.8. The molecule has 1 aliphatic rings. The molecular weight excluding hydrogens is 532 g/mol. The average Bonchev–Trinajstić information content (AvgIpc) is 3.62. The number of methoxy groups -OCH3 is 1. The lowest BCUT2D eigenvalue weighted by molar-refractivity contribution is 0.102. The smallest absolute Gasteiger partial charge is 0.255 e. The van der Waals surface area contributed by atoms with Crippen molar-refractivity contribution in [3.63, 3.8) is 0 Å². The lowest BCUT2D eigenvalue weighted by Crippen LogP contribution is -2.13. The van der Waals surface area contributed by atoms with Crippen LogP contribution in [0.3, 0.4) is 0 Å². The zero-order valence-electron chi connectivity index (χ0n) is 22.8. The Morgan fingerprint density at radius 2 is 1.88 bits per heavy atom. The number of amides is 1. The van der Waals surface area contributed by atoms with Gasteiger partial charge in [0.15, 0.2) is 5.01 Å². The molecule has 0 bridgehead atoms. The number of ether oxygens (including phenoxy) is 1. The van der Waals surface area contributed by atoms with Crippen LogP contribution in [0.4, 0.5) is 5.69 Å². The van der Waals surface area contributed by atoms with E-state index in [9.17, 15) is 4.79 Å². The van der Waals surface area contributed by atoms with Crippen LogP contribution in [0.5, 0.6) is 5.75 Å². The van der Waals surface area contributed by atoms with Gasteiger partial charge >= 0.3 is 0 Å². The molecule has 0 atom stereocenters. The van der Waals surface area contributed by atoms with Crippen LogP contribution in [-0.2, 0) is 6.54 Å². The van der Waals surface area contributed by atoms with Crippen LogP contribution in [0.1, 0.15) is 62.9 Å². The quantitative estimate of drug-likeness (QED) is 0.242. The van der Waals surface area contributed by atoms with Gasteiger partial charge in [0.05, 0.1) is 19.3 Å². The van der Waals surface area contributed by atoms with Crippen molar-refractivity contribution in [2.45, 2.75) is 38.6 Å². The molecule has 204 valence electrons. The summed E-state index contributed by atoms with van der Waals surface area (Å²) in [5, 5.41) is 18.8. The average molecular weight is 561 g/mol. The summed E-state index contributed by atoms with van der Waals surface area (Å²) in [5.74, 6) is 8.06. The first-order chi connectivity index (χ1) is 20.0. The fourth-order valence-corrected chi connectivity index (χ4v) is 5.27. The Balaban J connectivity index is 1.10. The summed E-state index contributed by atoms with van der Waals surface area (Å²) >= 11 is 1.58. The number of hydrogen-bond donors (Lipinski definition) is 1. The molecule has 1 aliphatic carbocycles. The number of carbonyl (C=O) groups is 1. The lowest BCUT2D eigenvalue weighted by Gasteiger charge is -2.22. The van der Waals surface area contributed by atoms with Crippen molar-refractivity contribution >= 4 is 22.9 Å². The zero-order valence-corrected chi connectivity index (χ0v) is 23.6. The summed E-state index contributed by atoms with van der Waals surface area (Å²) in [5.41, 5.74) is 5.92. The third-order valence-electron chi connectivity index (χ3n) is 7.18. The molecule has 1 fully saturated rings. The third kappa shape index (κ3) is 6.18. The van der Waals surface area contributed by atoms with E-state index in [-0.39, 0.29) is 5.91 Å². The maximum Gasteiger partial charge on any atom is 0.255 e. The molecule has 0 unspecified atom stereocenters. The van der Waals surface area contributed by atoms with E-state index >= 15 is 0 Å². The Morgan fingerprint density at radius 3 is 2.61 bits per heavy atom. The second-order valence-electron chi connectivity index (χ2n) is 10.0. The Labute approximate surface area is 242 Å². The number of carbonyl (C=O) groups excluding carboxylic acids is 1. The third-order valence-corrected chi connectivity index (χ3v) is 7.95. The molecule has 8 nitrogen and oxygen atoms in total. The largest absolute Gasteiger partial charge is 0.497 e. The predicted octanol–water partition coefficient (Wildman–Crippen LogP) is 6.08. The summed E-state index contributed by atoms with van der Waals surface area (Å²) in [4.78, 5) is 19.4. The number of rotatable bonds is 7. The fraction of sp³-hybridized carbons (Fsp3) is 0.219. The number of tetrazole rings is 1. The zero-order chi connectivity index (χ0) is 28.2. The van der Waals surface area contributed by atoms with E-state index in [1.807, 2.05) is 73.7 Å². The Morgan fingerprint density at radius 1 is 1.07 bits per heavy atom. The van der Waals surface area contributed by atoms with E-state index in [0.717, 1.165) is 38.7 Å². The number of nitrogens with one attached hydrogen (secondary N) is 1. The highest BCUT2D eigenvalue weighted by atomic mass is 32.1. The van der Waals surface area contributed by atoms with Gasteiger partial charge in [-0.1, -0.05) is 30.5 Å². The normalized spacial score (nSPS) is 12.7. The van der Waals surface area contributed by atoms with Crippen molar-refractivity contribution in [2.75, 3.05) is 12.4 Å². The highest BCUT2D eigenvalue weighted by Gasteiger charge is 2.21. The Bertz CT molecular complexity index is 1740. The monoisotopic (exact) mass is 560 g/mol. The SMILES string of the molecule is COc1ccc(Cn2nnc(-c3ccc(NC(=O)c4cc(C#Cc5nc(C6CCC6)cs5)ccc4C)cc3)n2)cc1. The van der Waals surface area contributed by atoms with Gasteiger partial charge in [0.25, 0.3) is 5.91 Å². The summed E-state index contributed by atoms with van der Waals surface area (Å²) in [7, 11) is 1.64. The van der Waals surface area contributed by atoms with Crippen LogP contribution in [0, 0.1) is 18.8 Å². The van der Waals surface area contributed by atoms with Gasteiger partial charge in [-0.2, -0.15) is 4.80 Å². The van der Waals surface area contributed by atoms with Gasteiger partial charge in [-0.25, -0.2) is 4.98 Å². The number of aryl methyl sites for hydroxylation is 1. The van der Waals surface area contributed by atoms with Crippen molar-refractivity contribution in [3.05, 3.63) is 105 Å². The molecule has 0 spiro atoms. The number of benzene rings is 3. The molecule has 9 heteroatoms. The first kappa shape index (κ1) is 26.4. The first-order valence-electron chi connectivity index (χ1n) is 13.4. The summed E-state index contributed by atoms with van der Waals surface area (Å²) in [6.45, 7) is 2.42. The molecule has 3 aromatic carbocycles. The van der Waals surface area contributed by atoms with E-state index in [0.29, 0.717) is 29.5 Å². The Kier molecular flexibility index (Phi) is 7.56. The highest BCUT2D eigenvalue weighted by Crippen LogP contribution is 2.36. The van der Waals surface area contributed by atoms with Gasteiger partial charge in [-0.05, 0) is 90.6 Å². The standard InChI is InChI=1S/C32H28N6O2S/c1-21-6-7-22(10-17-30-34-29(20-41-30)24-4-3-5-24)18-28(21)32(39)33-26-13-11-25(12-14-26)31-35-37-38(36-31)19-23-8-15-27(40-2)16-9-23/h6-9,11-16,18,20,24H,3-5,19H2,1-2H3,(H,33,39). The van der Waals surface area contributed by atoms with Crippen molar-refractivity contribution in [2.24, 2.45) is 0 Å². The van der Waals surface area contributed by atoms with Crippen LogP contribution in [-0.4, -0.2) is 38.2 Å². The van der Waals surface area contributed by atoms with E-state index in [1.165, 1.54) is 19.3 Å². The highest BCUT2D eigenvalue weighted by molar-refractivity contribution is 7.10. The predicted molar refractivity (Wildman–Crippen MR) is 159 cm³/mol. The molecule has 0 aliphatic heterocycles. The minimum atomic E-state index is -0.191. The number of anilines is 1. The van der Waals surface area contributed by atoms with Crippen molar-refractivity contribution < 1.29 is 9.53 Å². The van der Waals surface area contributed by atoms with Crippen molar-refractivity contribution in [1.82, 2.24) is 25.2 Å². The van der Waals surface area contributed by atoms with Crippen LogP contribution in [0.15, 0.2) is 72.1 Å². The van der Waals surface area contributed by atoms with Gasteiger partial charge in [-0.15, -0.1) is 21.5 Å². The van der Waals surface area contributed by atoms with Crippen LogP contribution < -0.4 is 10.1 Å². The molecule has 2 aromatic heterocycles. The second kappa shape index (κ2) is 11.7. The molecule has 1 amide bonds.